The van der Waals surface area contributed by atoms with E-state index in [1.165, 1.54) is 12.1 Å². The molecule has 2 N–H and O–H groups in total. The highest BCUT2D eigenvalue weighted by atomic mass is 19.1. The molecule has 2 heterocycles. The van der Waals surface area contributed by atoms with Gasteiger partial charge < -0.3 is 10.1 Å². The number of hydrogen-bond acceptors (Lipinski definition) is 3. The van der Waals surface area contributed by atoms with Crippen molar-refractivity contribution in [2.45, 2.75) is 38.1 Å². The van der Waals surface area contributed by atoms with Crippen LogP contribution in [0.2, 0.25) is 0 Å². The highest BCUT2D eigenvalue weighted by molar-refractivity contribution is 5.66. The molecule has 1 atom stereocenters. The van der Waals surface area contributed by atoms with Gasteiger partial charge >= 0.3 is 5.97 Å². The molecule has 1 saturated heterocycles. The molecule has 1 unspecified atom stereocenters. The fourth-order valence-corrected chi connectivity index (χ4v) is 3.28. The lowest BCUT2D eigenvalue weighted by Gasteiger charge is -2.22. The summed E-state index contributed by atoms with van der Waals surface area (Å²) in [6.45, 7) is 1.91. The molecule has 0 aliphatic carbocycles. The van der Waals surface area contributed by atoms with Crippen molar-refractivity contribution in [3.63, 3.8) is 0 Å². The molecule has 1 aliphatic rings. The summed E-state index contributed by atoms with van der Waals surface area (Å²) < 4.78 is 13.0. The molecule has 3 rings (SSSR count). The fourth-order valence-electron chi connectivity index (χ4n) is 3.28. The van der Waals surface area contributed by atoms with E-state index in [4.69, 9.17) is 5.11 Å². The summed E-state index contributed by atoms with van der Waals surface area (Å²) in [4.78, 5) is 20.8. The van der Waals surface area contributed by atoms with Crippen LogP contribution < -0.4 is 0 Å². The summed E-state index contributed by atoms with van der Waals surface area (Å²) in [6, 6.07) is 6.62. The van der Waals surface area contributed by atoms with Crippen molar-refractivity contribution in [2.24, 2.45) is 0 Å². The molecular formula is C18H22FN3O2. The number of aromatic amines is 1. The molecule has 2 aromatic rings. The van der Waals surface area contributed by atoms with Crippen LogP contribution in [-0.2, 0) is 4.79 Å². The molecule has 0 bridgehead atoms. The molecule has 0 saturated carbocycles. The van der Waals surface area contributed by atoms with E-state index in [1.54, 1.807) is 18.3 Å². The van der Waals surface area contributed by atoms with Crippen molar-refractivity contribution >= 4 is 5.97 Å². The number of H-pyrrole nitrogens is 1. The van der Waals surface area contributed by atoms with Gasteiger partial charge in [0.25, 0.3) is 0 Å². The summed E-state index contributed by atoms with van der Waals surface area (Å²) in [5, 5.41) is 8.71. The predicted molar refractivity (Wildman–Crippen MR) is 89.0 cm³/mol. The van der Waals surface area contributed by atoms with Crippen molar-refractivity contribution < 1.29 is 14.3 Å². The molecule has 1 fully saturated rings. The van der Waals surface area contributed by atoms with E-state index in [1.807, 2.05) is 0 Å². The van der Waals surface area contributed by atoms with E-state index in [-0.39, 0.29) is 18.3 Å². The van der Waals surface area contributed by atoms with Crippen LogP contribution >= 0.6 is 0 Å². The standard InChI is InChI=1S/C18H22FN3O2/c19-14-8-6-13(7-9-14)15-12-20-18(21-15)16-4-3-11-22(16)10-2-1-5-17(23)24/h6-9,12,16H,1-5,10-11H2,(H,20,21)(H,23,24). The zero-order valence-corrected chi connectivity index (χ0v) is 13.5. The minimum Gasteiger partial charge on any atom is -0.481 e. The number of hydrogen-bond donors (Lipinski definition) is 2. The maximum Gasteiger partial charge on any atom is 0.303 e. The number of carbonyl (C=O) groups is 1. The van der Waals surface area contributed by atoms with Crippen LogP contribution in [0.25, 0.3) is 11.3 Å². The zero-order chi connectivity index (χ0) is 16.9. The zero-order valence-electron chi connectivity index (χ0n) is 13.5. The summed E-state index contributed by atoms with van der Waals surface area (Å²) in [6.07, 6.45) is 5.79. The number of aliphatic carboxylic acids is 1. The lowest BCUT2D eigenvalue weighted by atomic mass is 10.1. The molecule has 6 heteroatoms. The second kappa shape index (κ2) is 7.57. The molecule has 0 radical (unpaired) electrons. The molecule has 1 aromatic carbocycles. The van der Waals surface area contributed by atoms with Crippen LogP contribution in [0.3, 0.4) is 0 Å². The first-order chi connectivity index (χ1) is 11.6. The summed E-state index contributed by atoms with van der Waals surface area (Å²) in [7, 11) is 0. The lowest BCUT2D eigenvalue weighted by molar-refractivity contribution is -0.137. The van der Waals surface area contributed by atoms with Gasteiger partial charge in [0.05, 0.1) is 17.9 Å². The number of unbranched alkanes of at least 4 members (excludes halogenated alkanes) is 1. The molecule has 1 aliphatic heterocycles. The van der Waals surface area contributed by atoms with Gasteiger partial charge in [0.15, 0.2) is 0 Å². The van der Waals surface area contributed by atoms with Crippen LogP contribution in [0.1, 0.15) is 44.0 Å². The molecule has 24 heavy (non-hydrogen) atoms. The number of likely N-dealkylation sites (tertiary alicyclic amines) is 1. The molecule has 128 valence electrons. The number of benzene rings is 1. The monoisotopic (exact) mass is 331 g/mol. The second-order valence-corrected chi connectivity index (χ2v) is 6.23. The maximum absolute atomic E-state index is 13.0. The van der Waals surface area contributed by atoms with Gasteiger partial charge in [0.2, 0.25) is 0 Å². The first-order valence-corrected chi connectivity index (χ1v) is 8.40. The van der Waals surface area contributed by atoms with E-state index in [2.05, 4.69) is 14.9 Å². The summed E-state index contributed by atoms with van der Waals surface area (Å²) in [5.41, 5.74) is 1.81. The Balaban J connectivity index is 1.63. The molecule has 5 nitrogen and oxygen atoms in total. The SMILES string of the molecule is O=C(O)CCCCN1CCCC1c1ncc(-c2ccc(F)cc2)[nH]1. The van der Waals surface area contributed by atoms with Crippen molar-refractivity contribution in [1.82, 2.24) is 14.9 Å². The van der Waals surface area contributed by atoms with Gasteiger partial charge in [0, 0.05) is 6.42 Å². The van der Waals surface area contributed by atoms with Crippen molar-refractivity contribution in [3.05, 3.63) is 42.1 Å². The number of carboxylic acid groups (broad SMARTS) is 1. The normalized spacial score (nSPS) is 18.1. The van der Waals surface area contributed by atoms with Crippen LogP contribution in [0.15, 0.2) is 30.5 Å². The van der Waals surface area contributed by atoms with Crippen LogP contribution in [0.4, 0.5) is 4.39 Å². The number of carboxylic acids is 1. The largest absolute Gasteiger partial charge is 0.481 e. The first-order valence-electron chi connectivity index (χ1n) is 8.40. The van der Waals surface area contributed by atoms with Gasteiger partial charge in [-0.25, -0.2) is 9.37 Å². The minimum absolute atomic E-state index is 0.230. The summed E-state index contributed by atoms with van der Waals surface area (Å²) >= 11 is 0. The lowest BCUT2D eigenvalue weighted by Crippen LogP contribution is -2.25. The van der Waals surface area contributed by atoms with Crippen molar-refractivity contribution in [3.8, 4) is 11.3 Å². The second-order valence-electron chi connectivity index (χ2n) is 6.23. The van der Waals surface area contributed by atoms with Crippen molar-refractivity contribution in [1.29, 1.82) is 0 Å². The Morgan fingerprint density at radius 1 is 1.33 bits per heavy atom. The van der Waals surface area contributed by atoms with E-state index in [0.29, 0.717) is 6.42 Å². The van der Waals surface area contributed by atoms with E-state index < -0.39 is 5.97 Å². The van der Waals surface area contributed by atoms with Gasteiger partial charge in [0.1, 0.15) is 11.6 Å². The highest BCUT2D eigenvalue weighted by Crippen LogP contribution is 2.31. The number of rotatable bonds is 7. The topological polar surface area (TPSA) is 69.2 Å². The summed E-state index contributed by atoms with van der Waals surface area (Å²) in [5.74, 6) is -0.0465. The molecular weight excluding hydrogens is 309 g/mol. The van der Waals surface area contributed by atoms with Crippen LogP contribution in [-0.4, -0.2) is 39.0 Å². The third-order valence-corrected chi connectivity index (χ3v) is 4.52. The first kappa shape index (κ1) is 16.6. The number of imidazole rings is 1. The predicted octanol–water partition coefficient (Wildman–Crippen LogP) is 3.61. The van der Waals surface area contributed by atoms with Gasteiger partial charge in [-0.1, -0.05) is 0 Å². The minimum atomic E-state index is -0.733. The third kappa shape index (κ3) is 4.00. The highest BCUT2D eigenvalue weighted by Gasteiger charge is 2.27. The van der Waals surface area contributed by atoms with Gasteiger partial charge in [-0.15, -0.1) is 0 Å². The Kier molecular flexibility index (Phi) is 5.25. The van der Waals surface area contributed by atoms with Gasteiger partial charge in [-0.3, -0.25) is 9.69 Å². The smallest absolute Gasteiger partial charge is 0.303 e. The van der Waals surface area contributed by atoms with E-state index in [9.17, 15) is 9.18 Å². The number of nitrogens with zero attached hydrogens (tertiary/aromatic N) is 2. The maximum atomic E-state index is 13.0. The Morgan fingerprint density at radius 3 is 2.88 bits per heavy atom. The number of halogens is 1. The van der Waals surface area contributed by atoms with E-state index in [0.717, 1.165) is 49.4 Å². The molecule has 0 amide bonds. The Morgan fingerprint density at radius 2 is 2.12 bits per heavy atom. The molecule has 0 spiro atoms. The van der Waals surface area contributed by atoms with Gasteiger partial charge in [-0.05, 0) is 68.6 Å². The fraction of sp³-hybridized carbons (Fsp3) is 0.444. The van der Waals surface area contributed by atoms with Crippen LogP contribution in [0.5, 0.6) is 0 Å². The van der Waals surface area contributed by atoms with Crippen LogP contribution in [0, 0.1) is 5.82 Å². The van der Waals surface area contributed by atoms with Gasteiger partial charge in [-0.2, -0.15) is 0 Å². The van der Waals surface area contributed by atoms with Crippen molar-refractivity contribution in [2.75, 3.05) is 13.1 Å². The third-order valence-electron chi connectivity index (χ3n) is 4.52. The Bertz CT molecular complexity index is 684. The average molecular weight is 331 g/mol. The molecule has 1 aromatic heterocycles. The Hall–Kier alpha value is -2.21. The Labute approximate surface area is 140 Å². The average Bonchev–Trinajstić information content (AvgIpc) is 3.21. The van der Waals surface area contributed by atoms with E-state index >= 15 is 0 Å². The number of nitrogens with one attached hydrogen (secondary N) is 1. The quantitative estimate of drug-likeness (QED) is 0.761. The number of aromatic nitrogens is 2.